The molecular weight excluding hydrogens is 180 g/mol. The van der Waals surface area contributed by atoms with Gasteiger partial charge < -0.3 is 16.0 Å². The Morgan fingerprint density at radius 2 is 2.43 bits per heavy atom. The fourth-order valence-corrected chi connectivity index (χ4v) is 1.88. The van der Waals surface area contributed by atoms with Crippen LogP contribution in [0.5, 0.6) is 0 Å². The molecule has 0 aromatic carbocycles. The number of amides is 1. The molecule has 76 valence electrons. The van der Waals surface area contributed by atoms with Gasteiger partial charge in [-0.15, -0.1) is 0 Å². The molecule has 0 radical (unpaired) electrons. The molecule has 0 bridgehead atoms. The number of H-pyrrole nitrogens is 1. The fourth-order valence-electron chi connectivity index (χ4n) is 1.88. The predicted molar refractivity (Wildman–Crippen MR) is 52.1 cm³/mol. The van der Waals surface area contributed by atoms with Crippen LogP contribution >= 0.6 is 0 Å². The Labute approximate surface area is 82.1 Å². The molecule has 1 aromatic heterocycles. The fraction of sp³-hybridized carbons (Fsp3) is 0.556. The second-order valence-corrected chi connectivity index (χ2v) is 3.65. The largest absolute Gasteiger partial charge is 0.363 e. The Morgan fingerprint density at radius 3 is 2.93 bits per heavy atom. The molecule has 0 aliphatic carbocycles. The number of hydrogen-bond donors (Lipinski definition) is 3. The van der Waals surface area contributed by atoms with Crippen LogP contribution in [0.1, 0.15) is 34.3 Å². The minimum atomic E-state index is -0.495. The van der Waals surface area contributed by atoms with E-state index in [2.05, 4.69) is 15.3 Å². The van der Waals surface area contributed by atoms with Gasteiger partial charge in [0, 0.05) is 18.2 Å². The molecule has 5 nitrogen and oxygen atoms in total. The number of rotatable bonds is 2. The molecule has 4 N–H and O–H groups in total. The SMILES string of the molecule is Cc1[nH]c(C(N)=O)nc1C1CCNC1. The molecule has 1 aliphatic heterocycles. The topological polar surface area (TPSA) is 83.8 Å². The summed E-state index contributed by atoms with van der Waals surface area (Å²) >= 11 is 0. The molecule has 1 amide bonds. The molecule has 1 aliphatic rings. The van der Waals surface area contributed by atoms with Crippen LogP contribution < -0.4 is 11.1 Å². The van der Waals surface area contributed by atoms with Crippen molar-refractivity contribution < 1.29 is 4.79 Å². The molecule has 1 aromatic rings. The van der Waals surface area contributed by atoms with Gasteiger partial charge in [0.1, 0.15) is 0 Å². The molecular formula is C9H14N4O. The number of hydrogen-bond acceptors (Lipinski definition) is 3. The van der Waals surface area contributed by atoms with Crippen LogP contribution in [-0.2, 0) is 0 Å². The first-order valence-electron chi connectivity index (χ1n) is 4.75. The smallest absolute Gasteiger partial charge is 0.284 e. The van der Waals surface area contributed by atoms with Crippen LogP contribution in [0.3, 0.4) is 0 Å². The number of aromatic nitrogens is 2. The summed E-state index contributed by atoms with van der Waals surface area (Å²) in [7, 11) is 0. The van der Waals surface area contributed by atoms with Gasteiger partial charge in [0.25, 0.3) is 5.91 Å². The number of aryl methyl sites for hydroxylation is 1. The highest BCUT2D eigenvalue weighted by molar-refractivity contribution is 5.89. The third kappa shape index (κ3) is 1.50. The first-order valence-corrected chi connectivity index (χ1v) is 4.75. The number of primary amides is 1. The summed E-state index contributed by atoms with van der Waals surface area (Å²) in [5, 5.41) is 3.27. The average Bonchev–Trinajstić information content (AvgIpc) is 2.71. The van der Waals surface area contributed by atoms with E-state index in [9.17, 15) is 4.79 Å². The summed E-state index contributed by atoms with van der Waals surface area (Å²) in [6.45, 7) is 3.87. The second-order valence-electron chi connectivity index (χ2n) is 3.65. The molecule has 1 saturated heterocycles. The molecule has 5 heteroatoms. The molecule has 0 spiro atoms. The van der Waals surface area contributed by atoms with Crippen molar-refractivity contribution in [3.8, 4) is 0 Å². The van der Waals surface area contributed by atoms with Gasteiger partial charge in [-0.25, -0.2) is 4.98 Å². The zero-order valence-electron chi connectivity index (χ0n) is 8.13. The number of aromatic amines is 1. The monoisotopic (exact) mass is 194 g/mol. The maximum atomic E-state index is 10.9. The summed E-state index contributed by atoms with van der Waals surface area (Å²) < 4.78 is 0. The summed E-state index contributed by atoms with van der Waals surface area (Å²) in [5.74, 6) is 0.189. The zero-order valence-corrected chi connectivity index (χ0v) is 8.13. The Hall–Kier alpha value is -1.36. The number of carbonyl (C=O) groups is 1. The van der Waals surface area contributed by atoms with Gasteiger partial charge in [0.05, 0.1) is 5.69 Å². The molecule has 2 rings (SSSR count). The molecule has 14 heavy (non-hydrogen) atoms. The van der Waals surface area contributed by atoms with Crippen molar-refractivity contribution in [3.05, 3.63) is 17.2 Å². The van der Waals surface area contributed by atoms with Gasteiger partial charge in [-0.1, -0.05) is 0 Å². The summed E-state index contributed by atoms with van der Waals surface area (Å²) in [6, 6.07) is 0. The van der Waals surface area contributed by atoms with Crippen molar-refractivity contribution in [2.45, 2.75) is 19.3 Å². The highest BCUT2D eigenvalue weighted by Gasteiger charge is 2.22. The van der Waals surface area contributed by atoms with Crippen molar-refractivity contribution in [2.75, 3.05) is 13.1 Å². The maximum Gasteiger partial charge on any atom is 0.284 e. The summed E-state index contributed by atoms with van der Waals surface area (Å²) in [4.78, 5) is 18.0. The lowest BCUT2D eigenvalue weighted by Crippen LogP contribution is -2.13. The lowest BCUT2D eigenvalue weighted by atomic mass is 10.0. The van der Waals surface area contributed by atoms with E-state index in [1.807, 2.05) is 6.92 Å². The molecule has 2 heterocycles. The molecule has 0 saturated carbocycles. The highest BCUT2D eigenvalue weighted by atomic mass is 16.1. The van der Waals surface area contributed by atoms with Gasteiger partial charge in [0.2, 0.25) is 0 Å². The lowest BCUT2D eigenvalue weighted by molar-refractivity contribution is 0.0991. The van der Waals surface area contributed by atoms with E-state index in [1.54, 1.807) is 0 Å². The minimum absolute atomic E-state index is 0.268. The van der Waals surface area contributed by atoms with Crippen LogP contribution in [0.2, 0.25) is 0 Å². The number of nitrogens with one attached hydrogen (secondary N) is 2. The van der Waals surface area contributed by atoms with Gasteiger partial charge in [-0.2, -0.15) is 0 Å². The zero-order chi connectivity index (χ0) is 10.1. The minimum Gasteiger partial charge on any atom is -0.363 e. The van der Waals surface area contributed by atoms with Crippen LogP contribution in [0, 0.1) is 6.92 Å². The van der Waals surface area contributed by atoms with Crippen LogP contribution in [0.25, 0.3) is 0 Å². The van der Waals surface area contributed by atoms with Crippen molar-refractivity contribution >= 4 is 5.91 Å². The average molecular weight is 194 g/mol. The van der Waals surface area contributed by atoms with Gasteiger partial charge in [0.15, 0.2) is 5.82 Å². The Bertz CT molecular complexity index is 352. The Kier molecular flexibility index (Phi) is 2.25. The maximum absolute atomic E-state index is 10.9. The first-order chi connectivity index (χ1) is 6.68. The van der Waals surface area contributed by atoms with Gasteiger partial charge >= 0.3 is 0 Å². The number of carbonyl (C=O) groups excluding carboxylic acids is 1. The van der Waals surface area contributed by atoms with Crippen molar-refractivity contribution in [3.63, 3.8) is 0 Å². The van der Waals surface area contributed by atoms with Crippen LogP contribution in [-0.4, -0.2) is 29.0 Å². The first kappa shape index (κ1) is 9.21. The molecule has 1 unspecified atom stereocenters. The summed E-state index contributed by atoms with van der Waals surface area (Å²) in [6.07, 6.45) is 1.07. The number of nitrogens with two attached hydrogens (primary N) is 1. The lowest BCUT2D eigenvalue weighted by Gasteiger charge is -2.04. The van der Waals surface area contributed by atoms with E-state index in [1.165, 1.54) is 0 Å². The van der Waals surface area contributed by atoms with E-state index in [0.717, 1.165) is 30.9 Å². The normalized spacial score (nSPS) is 21.4. The van der Waals surface area contributed by atoms with E-state index in [0.29, 0.717) is 5.92 Å². The predicted octanol–water partition coefficient (Wildman–Crippen LogP) is -0.106. The number of nitrogens with zero attached hydrogens (tertiary/aromatic N) is 1. The number of imidazole rings is 1. The van der Waals surface area contributed by atoms with E-state index in [4.69, 9.17) is 5.73 Å². The van der Waals surface area contributed by atoms with Crippen molar-refractivity contribution in [1.29, 1.82) is 0 Å². The van der Waals surface area contributed by atoms with Crippen molar-refractivity contribution in [1.82, 2.24) is 15.3 Å². The van der Waals surface area contributed by atoms with E-state index >= 15 is 0 Å². The second kappa shape index (κ2) is 3.42. The molecule has 1 fully saturated rings. The van der Waals surface area contributed by atoms with Crippen LogP contribution in [0.15, 0.2) is 0 Å². The van der Waals surface area contributed by atoms with Crippen molar-refractivity contribution in [2.24, 2.45) is 5.73 Å². The van der Waals surface area contributed by atoms with Crippen LogP contribution in [0.4, 0.5) is 0 Å². The van der Waals surface area contributed by atoms with E-state index < -0.39 is 5.91 Å². The van der Waals surface area contributed by atoms with Gasteiger partial charge in [-0.3, -0.25) is 4.79 Å². The Morgan fingerprint density at radius 1 is 1.64 bits per heavy atom. The third-order valence-corrected chi connectivity index (χ3v) is 2.60. The summed E-state index contributed by atoms with van der Waals surface area (Å²) in [5.41, 5.74) is 7.07. The standard InChI is InChI=1S/C9H14N4O/c1-5-7(6-2-3-11-4-6)13-9(12-5)8(10)14/h6,11H,2-4H2,1H3,(H2,10,14)(H,12,13). The Balaban J connectivity index is 2.28. The quantitative estimate of drug-likeness (QED) is 0.614. The third-order valence-electron chi connectivity index (χ3n) is 2.60. The van der Waals surface area contributed by atoms with E-state index in [-0.39, 0.29) is 5.82 Å². The van der Waals surface area contributed by atoms with Gasteiger partial charge in [-0.05, 0) is 19.9 Å². The molecule has 1 atom stereocenters. The highest BCUT2D eigenvalue weighted by Crippen LogP contribution is 2.23.